The summed E-state index contributed by atoms with van der Waals surface area (Å²) in [7, 11) is 1.90. The van der Waals surface area contributed by atoms with Gasteiger partial charge >= 0.3 is 0 Å². The second-order valence-electron chi connectivity index (χ2n) is 5.32. The standard InChI is InChI=1S/C16H13Cl3N4OS/c1-8(15(24)22-14-11(19)5-10(18)7-20-14)25-16-21-12-6-9(17)3-4-13(12)23(16)2/h3-8H,1-2H3,(H,20,22,24). The predicted octanol–water partition coefficient (Wildman–Crippen LogP) is 5.05. The zero-order valence-electron chi connectivity index (χ0n) is 13.3. The summed E-state index contributed by atoms with van der Waals surface area (Å²) < 4.78 is 1.92. The SMILES string of the molecule is CC(Sc1nc2cc(Cl)ccc2n1C)C(=O)Nc1ncc(Cl)cc1Cl. The lowest BCUT2D eigenvalue weighted by molar-refractivity contribution is -0.115. The summed E-state index contributed by atoms with van der Waals surface area (Å²) in [5.41, 5.74) is 1.73. The van der Waals surface area contributed by atoms with Crippen molar-refractivity contribution in [3.8, 4) is 0 Å². The van der Waals surface area contributed by atoms with E-state index in [4.69, 9.17) is 34.8 Å². The first-order chi connectivity index (χ1) is 11.8. The minimum absolute atomic E-state index is 0.230. The third-order valence-corrected chi connectivity index (χ3v) is 5.38. The molecule has 0 saturated carbocycles. The lowest BCUT2D eigenvalue weighted by atomic mass is 10.3. The van der Waals surface area contributed by atoms with Gasteiger partial charge in [0.2, 0.25) is 5.91 Å². The molecular weight excluding hydrogens is 403 g/mol. The van der Waals surface area contributed by atoms with Crippen LogP contribution in [0.5, 0.6) is 0 Å². The smallest absolute Gasteiger partial charge is 0.238 e. The Morgan fingerprint density at radius 2 is 2.00 bits per heavy atom. The van der Waals surface area contributed by atoms with E-state index < -0.39 is 5.25 Å². The van der Waals surface area contributed by atoms with Crippen LogP contribution in [0, 0.1) is 0 Å². The Balaban J connectivity index is 1.76. The van der Waals surface area contributed by atoms with Crippen molar-refractivity contribution in [1.82, 2.24) is 14.5 Å². The number of hydrogen-bond donors (Lipinski definition) is 1. The van der Waals surface area contributed by atoms with Crippen molar-refractivity contribution >= 4 is 69.3 Å². The second-order valence-corrected chi connectivity index (χ2v) is 7.91. The van der Waals surface area contributed by atoms with Crippen LogP contribution in [0.25, 0.3) is 11.0 Å². The molecule has 25 heavy (non-hydrogen) atoms. The fourth-order valence-corrected chi connectivity index (χ4v) is 3.68. The Hall–Kier alpha value is -1.47. The summed E-state index contributed by atoms with van der Waals surface area (Å²) in [5, 5.41) is 4.33. The van der Waals surface area contributed by atoms with Gasteiger partial charge in [0.05, 0.1) is 26.3 Å². The molecule has 0 aliphatic heterocycles. The normalized spacial score (nSPS) is 12.4. The van der Waals surface area contributed by atoms with Gasteiger partial charge in [-0.3, -0.25) is 4.79 Å². The number of amides is 1. The molecule has 1 unspecified atom stereocenters. The third-order valence-electron chi connectivity index (χ3n) is 3.50. The van der Waals surface area contributed by atoms with Gasteiger partial charge in [0.1, 0.15) is 0 Å². The highest BCUT2D eigenvalue weighted by Gasteiger charge is 2.20. The molecule has 3 aromatic rings. The molecule has 0 spiro atoms. The van der Waals surface area contributed by atoms with E-state index in [0.717, 1.165) is 16.2 Å². The number of thioether (sulfide) groups is 1. The minimum Gasteiger partial charge on any atom is -0.322 e. The van der Waals surface area contributed by atoms with Crippen LogP contribution in [0.15, 0.2) is 35.6 Å². The van der Waals surface area contributed by atoms with Gasteiger partial charge in [-0.15, -0.1) is 0 Å². The molecule has 130 valence electrons. The van der Waals surface area contributed by atoms with Crippen molar-refractivity contribution in [2.24, 2.45) is 7.05 Å². The number of carbonyl (C=O) groups is 1. The maximum absolute atomic E-state index is 12.4. The largest absolute Gasteiger partial charge is 0.322 e. The molecular formula is C16H13Cl3N4OS. The Labute approximate surface area is 163 Å². The van der Waals surface area contributed by atoms with Gasteiger partial charge in [-0.1, -0.05) is 46.6 Å². The molecule has 0 aliphatic carbocycles. The Morgan fingerprint density at radius 1 is 1.24 bits per heavy atom. The minimum atomic E-state index is -0.403. The molecule has 2 aromatic heterocycles. The molecule has 3 rings (SSSR count). The van der Waals surface area contributed by atoms with Gasteiger partial charge in [0.15, 0.2) is 11.0 Å². The summed E-state index contributed by atoms with van der Waals surface area (Å²) in [6.45, 7) is 1.79. The lowest BCUT2D eigenvalue weighted by Gasteiger charge is -2.12. The Morgan fingerprint density at radius 3 is 2.72 bits per heavy atom. The van der Waals surface area contributed by atoms with Crippen LogP contribution in [0.1, 0.15) is 6.92 Å². The molecule has 0 bridgehead atoms. The first-order valence-electron chi connectivity index (χ1n) is 7.25. The van der Waals surface area contributed by atoms with Gasteiger partial charge in [-0.2, -0.15) is 0 Å². The fraction of sp³-hybridized carbons (Fsp3) is 0.188. The molecule has 0 radical (unpaired) electrons. The first-order valence-corrected chi connectivity index (χ1v) is 9.27. The number of halogens is 3. The van der Waals surface area contributed by atoms with E-state index in [9.17, 15) is 4.79 Å². The van der Waals surface area contributed by atoms with Crippen LogP contribution >= 0.6 is 46.6 Å². The molecule has 0 fully saturated rings. The number of aryl methyl sites for hydroxylation is 1. The third kappa shape index (κ3) is 4.03. The summed E-state index contributed by atoms with van der Waals surface area (Å²) in [6, 6.07) is 7.03. The molecule has 0 aliphatic rings. The van der Waals surface area contributed by atoms with E-state index in [1.165, 1.54) is 24.0 Å². The number of pyridine rings is 1. The molecule has 5 nitrogen and oxygen atoms in total. The highest BCUT2D eigenvalue weighted by Crippen LogP contribution is 2.29. The number of benzene rings is 1. The van der Waals surface area contributed by atoms with Crippen molar-refractivity contribution in [1.29, 1.82) is 0 Å². The summed E-state index contributed by atoms with van der Waals surface area (Å²) in [6.07, 6.45) is 1.43. The van der Waals surface area contributed by atoms with Crippen LogP contribution in [-0.2, 0) is 11.8 Å². The van der Waals surface area contributed by atoms with Crippen molar-refractivity contribution in [3.63, 3.8) is 0 Å². The van der Waals surface area contributed by atoms with Crippen LogP contribution < -0.4 is 5.32 Å². The lowest BCUT2D eigenvalue weighted by Crippen LogP contribution is -2.23. The number of fused-ring (bicyclic) bond motifs is 1. The van der Waals surface area contributed by atoms with Crippen LogP contribution in [-0.4, -0.2) is 25.7 Å². The topological polar surface area (TPSA) is 59.8 Å². The highest BCUT2D eigenvalue weighted by atomic mass is 35.5. The second kappa shape index (κ2) is 7.41. The maximum Gasteiger partial charge on any atom is 0.238 e. The van der Waals surface area contributed by atoms with E-state index >= 15 is 0 Å². The fourth-order valence-electron chi connectivity index (χ4n) is 2.19. The van der Waals surface area contributed by atoms with Gasteiger partial charge < -0.3 is 9.88 Å². The Bertz CT molecular complexity index is 960. The number of nitrogens with zero attached hydrogens (tertiary/aromatic N) is 3. The Kier molecular flexibility index (Phi) is 5.43. The van der Waals surface area contributed by atoms with E-state index in [0.29, 0.717) is 10.0 Å². The number of rotatable bonds is 4. The van der Waals surface area contributed by atoms with Crippen molar-refractivity contribution in [3.05, 3.63) is 45.5 Å². The van der Waals surface area contributed by atoms with Gasteiger partial charge in [0, 0.05) is 18.3 Å². The van der Waals surface area contributed by atoms with E-state index in [1.807, 2.05) is 23.7 Å². The first kappa shape index (κ1) is 18.3. The average molecular weight is 416 g/mol. The number of carbonyl (C=O) groups excluding carboxylic acids is 1. The van der Waals surface area contributed by atoms with Gasteiger partial charge in [-0.25, -0.2) is 9.97 Å². The van der Waals surface area contributed by atoms with Crippen LogP contribution in [0.3, 0.4) is 0 Å². The summed E-state index contributed by atoms with van der Waals surface area (Å²) in [4.78, 5) is 21.0. The number of hydrogen-bond acceptors (Lipinski definition) is 4. The quantitative estimate of drug-likeness (QED) is 0.606. The molecule has 0 saturated heterocycles. The number of imidazole rings is 1. The molecule has 1 atom stereocenters. The number of aromatic nitrogens is 3. The highest BCUT2D eigenvalue weighted by molar-refractivity contribution is 8.00. The summed E-state index contributed by atoms with van der Waals surface area (Å²) >= 11 is 19.2. The molecule has 2 heterocycles. The number of anilines is 1. The number of nitrogens with one attached hydrogen (secondary N) is 1. The molecule has 9 heteroatoms. The molecule has 1 N–H and O–H groups in total. The van der Waals surface area contributed by atoms with Crippen LogP contribution in [0.4, 0.5) is 5.82 Å². The van der Waals surface area contributed by atoms with Crippen molar-refractivity contribution in [2.45, 2.75) is 17.3 Å². The van der Waals surface area contributed by atoms with E-state index in [1.54, 1.807) is 13.0 Å². The van der Waals surface area contributed by atoms with E-state index in [-0.39, 0.29) is 16.7 Å². The van der Waals surface area contributed by atoms with Crippen molar-refractivity contribution in [2.75, 3.05) is 5.32 Å². The molecule has 1 amide bonds. The zero-order valence-corrected chi connectivity index (χ0v) is 16.3. The predicted molar refractivity (Wildman–Crippen MR) is 104 cm³/mol. The maximum atomic E-state index is 12.4. The molecule has 1 aromatic carbocycles. The monoisotopic (exact) mass is 414 g/mol. The van der Waals surface area contributed by atoms with Gasteiger partial charge in [0.25, 0.3) is 0 Å². The average Bonchev–Trinajstić information content (AvgIpc) is 2.85. The zero-order chi connectivity index (χ0) is 18.1. The van der Waals surface area contributed by atoms with E-state index in [2.05, 4.69) is 15.3 Å². The van der Waals surface area contributed by atoms with Crippen LogP contribution in [0.2, 0.25) is 15.1 Å². The van der Waals surface area contributed by atoms with Gasteiger partial charge in [-0.05, 0) is 31.2 Å². The summed E-state index contributed by atoms with van der Waals surface area (Å²) in [5.74, 6) is 0.0483. The van der Waals surface area contributed by atoms with Crippen molar-refractivity contribution < 1.29 is 4.79 Å².